The van der Waals surface area contributed by atoms with E-state index in [0.29, 0.717) is 11.3 Å². The van der Waals surface area contributed by atoms with Gasteiger partial charge in [0.2, 0.25) is 5.91 Å². The van der Waals surface area contributed by atoms with Gasteiger partial charge in [-0.15, -0.1) is 0 Å². The van der Waals surface area contributed by atoms with Gasteiger partial charge in [-0.1, -0.05) is 12.2 Å². The molecule has 1 fully saturated rings. The van der Waals surface area contributed by atoms with E-state index < -0.39 is 14.6 Å². The molecule has 5 heteroatoms. The van der Waals surface area contributed by atoms with Crippen molar-refractivity contribution in [3.8, 4) is 0 Å². The number of sulfone groups is 1. The summed E-state index contributed by atoms with van der Waals surface area (Å²) < 4.78 is 24.0. The summed E-state index contributed by atoms with van der Waals surface area (Å²) in [5, 5.41) is 2.77. The number of allylic oxidation sites excluding steroid dienone is 3. The molecule has 104 valence electrons. The van der Waals surface area contributed by atoms with Gasteiger partial charge in [-0.05, 0) is 51.0 Å². The fourth-order valence-corrected chi connectivity index (χ4v) is 5.98. The van der Waals surface area contributed by atoms with Crippen molar-refractivity contribution in [2.24, 2.45) is 5.92 Å². The van der Waals surface area contributed by atoms with E-state index >= 15 is 0 Å². The Labute approximate surface area is 113 Å². The number of fused-ring (bicyclic) bond motifs is 1. The van der Waals surface area contributed by atoms with Crippen molar-refractivity contribution in [2.45, 2.75) is 50.3 Å². The summed E-state index contributed by atoms with van der Waals surface area (Å²) in [5.41, 5.74) is 0.805. The minimum atomic E-state index is -3.49. The maximum atomic E-state index is 12.6. The highest BCUT2D eigenvalue weighted by molar-refractivity contribution is 7.97. The average Bonchev–Trinajstić information content (AvgIpc) is 2.50. The summed E-state index contributed by atoms with van der Waals surface area (Å²) in [6.45, 7) is 3.44. The maximum Gasteiger partial charge on any atom is 0.244 e. The van der Waals surface area contributed by atoms with Crippen LogP contribution >= 0.6 is 0 Å². The predicted molar refractivity (Wildman–Crippen MR) is 73.1 cm³/mol. The standard InChI is InChI=1S/C14H19NO3S/c1-9-10(2)19(17,18)14(12(9)15-13(14)16)8-11-6-4-3-5-7-11/h4,6,11-12H,3,5,7-8H2,1-2H3,(H,15,16)/t11?,12?,14-/m1/s1. The molecule has 3 aliphatic rings. The zero-order chi connectivity index (χ0) is 13.8. The van der Waals surface area contributed by atoms with Crippen molar-refractivity contribution in [2.75, 3.05) is 0 Å². The molecular weight excluding hydrogens is 262 g/mol. The number of carbonyl (C=O) groups excluding carboxylic acids is 1. The summed E-state index contributed by atoms with van der Waals surface area (Å²) in [5.74, 6) is -0.108. The predicted octanol–water partition coefficient (Wildman–Crippen LogP) is 1.69. The van der Waals surface area contributed by atoms with Gasteiger partial charge in [0.05, 0.1) is 6.04 Å². The zero-order valence-corrected chi connectivity index (χ0v) is 12.1. The van der Waals surface area contributed by atoms with Crippen LogP contribution in [0.1, 0.15) is 39.5 Å². The Morgan fingerprint density at radius 2 is 2.16 bits per heavy atom. The Bertz CT molecular complexity index is 602. The number of amides is 1. The van der Waals surface area contributed by atoms with Crippen LogP contribution in [0, 0.1) is 5.92 Å². The van der Waals surface area contributed by atoms with Crippen molar-refractivity contribution in [1.82, 2.24) is 5.32 Å². The van der Waals surface area contributed by atoms with Gasteiger partial charge in [0.1, 0.15) is 0 Å². The zero-order valence-electron chi connectivity index (χ0n) is 11.3. The van der Waals surface area contributed by atoms with E-state index in [1.165, 1.54) is 0 Å². The Morgan fingerprint density at radius 1 is 1.42 bits per heavy atom. The molecule has 2 aliphatic heterocycles. The lowest BCUT2D eigenvalue weighted by molar-refractivity contribution is -0.132. The molecule has 1 N–H and O–H groups in total. The molecule has 0 spiro atoms. The van der Waals surface area contributed by atoms with Crippen LogP contribution in [0.15, 0.2) is 22.6 Å². The molecule has 1 amide bonds. The maximum absolute atomic E-state index is 12.6. The van der Waals surface area contributed by atoms with Crippen molar-refractivity contribution in [3.05, 3.63) is 22.6 Å². The van der Waals surface area contributed by atoms with Gasteiger partial charge in [-0.25, -0.2) is 8.42 Å². The second-order valence-electron chi connectivity index (χ2n) is 5.86. The van der Waals surface area contributed by atoms with Crippen LogP contribution in [-0.2, 0) is 14.6 Å². The third kappa shape index (κ3) is 1.45. The molecule has 0 aromatic carbocycles. The first kappa shape index (κ1) is 12.9. The first-order chi connectivity index (χ1) is 8.91. The number of hydrogen-bond acceptors (Lipinski definition) is 3. The number of carbonyl (C=O) groups is 1. The lowest BCUT2D eigenvalue weighted by atomic mass is 9.76. The Hall–Kier alpha value is -1.10. The molecule has 2 unspecified atom stereocenters. The van der Waals surface area contributed by atoms with Crippen molar-refractivity contribution in [1.29, 1.82) is 0 Å². The van der Waals surface area contributed by atoms with Gasteiger partial charge in [-0.2, -0.15) is 0 Å². The van der Waals surface area contributed by atoms with E-state index in [-0.39, 0.29) is 17.9 Å². The molecule has 0 saturated carbocycles. The van der Waals surface area contributed by atoms with Crippen LogP contribution < -0.4 is 5.32 Å². The summed E-state index contributed by atoms with van der Waals surface area (Å²) in [6.07, 6.45) is 7.73. The largest absolute Gasteiger partial charge is 0.346 e. The first-order valence-corrected chi connectivity index (χ1v) is 8.29. The number of hydrogen-bond donors (Lipinski definition) is 1. The quantitative estimate of drug-likeness (QED) is 0.619. The van der Waals surface area contributed by atoms with Crippen LogP contribution in [0.3, 0.4) is 0 Å². The van der Waals surface area contributed by atoms with E-state index in [4.69, 9.17) is 0 Å². The summed E-state index contributed by atoms with van der Waals surface area (Å²) in [7, 11) is -3.49. The number of nitrogens with one attached hydrogen (secondary N) is 1. The van der Waals surface area contributed by atoms with Gasteiger partial charge in [0.15, 0.2) is 14.6 Å². The number of rotatable bonds is 2. The molecule has 0 aromatic heterocycles. The molecule has 0 bridgehead atoms. The average molecular weight is 281 g/mol. The van der Waals surface area contributed by atoms with E-state index in [1.54, 1.807) is 6.92 Å². The molecule has 3 atom stereocenters. The topological polar surface area (TPSA) is 63.2 Å². The normalized spacial score (nSPS) is 39.8. The van der Waals surface area contributed by atoms with Gasteiger partial charge in [0.25, 0.3) is 0 Å². The second-order valence-corrected chi connectivity index (χ2v) is 8.21. The smallest absolute Gasteiger partial charge is 0.244 e. The first-order valence-electron chi connectivity index (χ1n) is 6.81. The minimum absolute atomic E-state index is 0.204. The van der Waals surface area contributed by atoms with Crippen molar-refractivity contribution < 1.29 is 13.2 Å². The molecule has 2 heterocycles. The van der Waals surface area contributed by atoms with Crippen molar-refractivity contribution in [3.63, 3.8) is 0 Å². The fraction of sp³-hybridized carbons (Fsp3) is 0.643. The molecule has 1 aliphatic carbocycles. The van der Waals surface area contributed by atoms with Crippen molar-refractivity contribution >= 4 is 15.7 Å². The van der Waals surface area contributed by atoms with Gasteiger partial charge >= 0.3 is 0 Å². The van der Waals surface area contributed by atoms with Crippen LogP contribution in [-0.4, -0.2) is 25.1 Å². The molecule has 4 nitrogen and oxygen atoms in total. The molecule has 1 saturated heterocycles. The van der Waals surface area contributed by atoms with Crippen LogP contribution in [0.2, 0.25) is 0 Å². The third-order valence-electron chi connectivity index (χ3n) is 4.92. The SMILES string of the molecule is CC1=C(C)S(=O)(=O)[C@@]2(CC3C=CCCC3)C(=O)NC12. The molecular formula is C14H19NO3S. The Balaban J connectivity index is 2.00. The Morgan fingerprint density at radius 3 is 2.68 bits per heavy atom. The number of β-lactam (4-membered cyclic amide) rings is 1. The Kier molecular flexibility index (Phi) is 2.68. The summed E-state index contributed by atoms with van der Waals surface area (Å²) in [6, 6.07) is -0.305. The highest BCUT2D eigenvalue weighted by Gasteiger charge is 2.69. The lowest BCUT2D eigenvalue weighted by Gasteiger charge is -2.45. The van der Waals surface area contributed by atoms with Gasteiger partial charge in [-0.3, -0.25) is 4.79 Å². The molecule has 19 heavy (non-hydrogen) atoms. The summed E-state index contributed by atoms with van der Waals surface area (Å²) in [4.78, 5) is 12.5. The highest BCUT2D eigenvalue weighted by atomic mass is 32.2. The van der Waals surface area contributed by atoms with E-state index in [1.807, 2.05) is 6.92 Å². The fourth-order valence-electron chi connectivity index (χ4n) is 3.61. The van der Waals surface area contributed by atoms with Gasteiger partial charge in [0, 0.05) is 4.91 Å². The van der Waals surface area contributed by atoms with Crippen LogP contribution in [0.25, 0.3) is 0 Å². The minimum Gasteiger partial charge on any atom is -0.346 e. The van der Waals surface area contributed by atoms with E-state index in [0.717, 1.165) is 24.8 Å². The molecule has 3 rings (SSSR count). The third-order valence-corrected chi connectivity index (χ3v) is 7.59. The van der Waals surface area contributed by atoms with Crippen LogP contribution in [0.4, 0.5) is 0 Å². The van der Waals surface area contributed by atoms with Gasteiger partial charge < -0.3 is 5.32 Å². The molecule has 0 aromatic rings. The highest BCUT2D eigenvalue weighted by Crippen LogP contribution is 2.50. The monoisotopic (exact) mass is 281 g/mol. The van der Waals surface area contributed by atoms with E-state index in [9.17, 15) is 13.2 Å². The van der Waals surface area contributed by atoms with E-state index in [2.05, 4.69) is 17.5 Å². The summed E-state index contributed by atoms with van der Waals surface area (Å²) >= 11 is 0. The lowest BCUT2D eigenvalue weighted by Crippen LogP contribution is -2.73. The molecule has 0 radical (unpaired) electrons. The van der Waals surface area contributed by atoms with Crippen LogP contribution in [0.5, 0.6) is 0 Å². The second kappa shape index (κ2) is 3.95.